The van der Waals surface area contributed by atoms with Crippen LogP contribution in [0.5, 0.6) is 0 Å². The van der Waals surface area contributed by atoms with Gasteiger partial charge in [0.05, 0.1) is 11.4 Å². The van der Waals surface area contributed by atoms with E-state index >= 15 is 0 Å². The lowest BCUT2D eigenvalue weighted by Gasteiger charge is -2.18. The van der Waals surface area contributed by atoms with E-state index in [9.17, 15) is 9.59 Å². The summed E-state index contributed by atoms with van der Waals surface area (Å²) in [5.74, 6) is -0.0908. The van der Waals surface area contributed by atoms with Gasteiger partial charge in [-0.05, 0) is 72.7 Å². The van der Waals surface area contributed by atoms with Crippen LogP contribution in [-0.2, 0) is 6.54 Å². The Kier molecular flexibility index (Phi) is 6.69. The highest BCUT2D eigenvalue weighted by Gasteiger charge is 2.19. The first-order valence-corrected chi connectivity index (χ1v) is 12.3. The molecular formula is C28H30N6O2. The van der Waals surface area contributed by atoms with Gasteiger partial charge in [-0.2, -0.15) is 0 Å². The second kappa shape index (κ2) is 10.2. The minimum Gasteiger partial charge on any atom is -0.352 e. The highest BCUT2D eigenvalue weighted by Crippen LogP contribution is 2.29. The Hall–Kier alpha value is -4.17. The van der Waals surface area contributed by atoms with Crippen molar-refractivity contribution >= 4 is 28.8 Å². The van der Waals surface area contributed by atoms with Crippen molar-refractivity contribution in [3.8, 4) is 11.3 Å². The van der Waals surface area contributed by atoms with Crippen molar-refractivity contribution in [3.63, 3.8) is 0 Å². The van der Waals surface area contributed by atoms with Crippen molar-refractivity contribution in [3.05, 3.63) is 83.7 Å². The first kappa shape index (κ1) is 23.6. The van der Waals surface area contributed by atoms with Gasteiger partial charge in [0.15, 0.2) is 5.65 Å². The van der Waals surface area contributed by atoms with Crippen molar-refractivity contribution in [1.82, 2.24) is 24.9 Å². The summed E-state index contributed by atoms with van der Waals surface area (Å²) < 4.78 is 2.03. The Morgan fingerprint density at radius 3 is 2.67 bits per heavy atom. The lowest BCUT2D eigenvalue weighted by molar-refractivity contribution is 0.0945. The number of pyridine rings is 1. The summed E-state index contributed by atoms with van der Waals surface area (Å²) in [6.45, 7) is 8.22. The third kappa shape index (κ3) is 4.67. The number of nitrogens with zero attached hydrogens (tertiary/aromatic N) is 3. The number of likely N-dealkylation sites (N-methyl/N-ethyl adjacent to an activating group) is 1. The molecule has 8 heteroatoms. The zero-order valence-electron chi connectivity index (χ0n) is 20.5. The molecule has 0 aliphatic carbocycles. The zero-order chi connectivity index (χ0) is 25.1. The molecule has 0 atom stereocenters. The van der Waals surface area contributed by atoms with E-state index in [1.165, 1.54) is 0 Å². The first-order chi connectivity index (χ1) is 17.6. The number of amides is 2. The van der Waals surface area contributed by atoms with Crippen LogP contribution in [0, 0.1) is 0 Å². The van der Waals surface area contributed by atoms with Crippen LogP contribution in [0.4, 0.5) is 11.4 Å². The number of hydrogen-bond acceptors (Lipinski definition) is 5. The summed E-state index contributed by atoms with van der Waals surface area (Å²) in [6.07, 6.45) is 3.70. The van der Waals surface area contributed by atoms with Gasteiger partial charge in [-0.15, -0.1) is 0 Å². The van der Waals surface area contributed by atoms with Crippen LogP contribution < -0.4 is 16.0 Å². The van der Waals surface area contributed by atoms with Gasteiger partial charge in [0.1, 0.15) is 0 Å². The molecule has 0 unspecified atom stereocenters. The van der Waals surface area contributed by atoms with E-state index in [0.29, 0.717) is 18.7 Å². The van der Waals surface area contributed by atoms with Gasteiger partial charge in [0, 0.05) is 48.8 Å². The molecule has 0 saturated heterocycles. The topological polar surface area (TPSA) is 90.8 Å². The fraction of sp³-hybridized carbons (Fsp3) is 0.250. The Morgan fingerprint density at radius 1 is 1.08 bits per heavy atom. The lowest BCUT2D eigenvalue weighted by Crippen LogP contribution is -2.34. The summed E-state index contributed by atoms with van der Waals surface area (Å²) in [5.41, 5.74) is 6.91. The van der Waals surface area contributed by atoms with E-state index in [-0.39, 0.29) is 11.8 Å². The average Bonchev–Trinajstić information content (AvgIpc) is 3.54. The average molecular weight is 483 g/mol. The van der Waals surface area contributed by atoms with E-state index in [2.05, 4.69) is 45.7 Å². The minimum absolute atomic E-state index is 0.0213. The number of aromatic nitrogens is 2. The van der Waals surface area contributed by atoms with E-state index in [1.807, 2.05) is 59.1 Å². The van der Waals surface area contributed by atoms with E-state index < -0.39 is 0 Å². The molecule has 2 amide bonds. The molecule has 0 radical (unpaired) electrons. The van der Waals surface area contributed by atoms with Gasteiger partial charge >= 0.3 is 0 Å². The number of rotatable bonds is 9. The quantitative estimate of drug-likeness (QED) is 0.335. The molecule has 2 aromatic carbocycles. The van der Waals surface area contributed by atoms with Crippen molar-refractivity contribution in [2.24, 2.45) is 0 Å². The van der Waals surface area contributed by atoms with Crippen LogP contribution in [0.25, 0.3) is 16.9 Å². The third-order valence-corrected chi connectivity index (χ3v) is 6.67. The normalized spacial score (nSPS) is 12.6. The maximum Gasteiger partial charge on any atom is 0.251 e. The first-order valence-electron chi connectivity index (χ1n) is 12.3. The number of fused-ring (bicyclic) bond motifs is 2. The fourth-order valence-electron chi connectivity index (χ4n) is 4.57. The molecule has 0 fully saturated rings. The molecule has 184 valence electrons. The Labute approximate surface area is 210 Å². The van der Waals surface area contributed by atoms with Gasteiger partial charge in [-0.1, -0.05) is 19.9 Å². The number of imidazole rings is 1. The summed E-state index contributed by atoms with van der Waals surface area (Å²) in [6, 6.07) is 17.4. The Morgan fingerprint density at radius 2 is 1.89 bits per heavy atom. The minimum atomic E-state index is -0.0695. The number of carbonyl (C=O) groups is 2. The van der Waals surface area contributed by atoms with Gasteiger partial charge in [0.2, 0.25) is 0 Å². The molecule has 1 aliphatic rings. The maximum atomic E-state index is 12.5. The van der Waals surface area contributed by atoms with Crippen LogP contribution in [0.15, 0.2) is 67.0 Å². The predicted octanol–water partition coefficient (Wildman–Crippen LogP) is 4.06. The van der Waals surface area contributed by atoms with Crippen LogP contribution in [-0.4, -0.2) is 52.3 Å². The summed E-state index contributed by atoms with van der Waals surface area (Å²) in [4.78, 5) is 31.2. The number of anilines is 2. The smallest absolute Gasteiger partial charge is 0.251 e. The zero-order valence-corrected chi connectivity index (χ0v) is 20.5. The van der Waals surface area contributed by atoms with Crippen molar-refractivity contribution < 1.29 is 9.59 Å². The van der Waals surface area contributed by atoms with Gasteiger partial charge < -0.3 is 20.9 Å². The van der Waals surface area contributed by atoms with Crippen molar-refractivity contribution in [1.29, 1.82) is 0 Å². The molecule has 0 spiro atoms. The largest absolute Gasteiger partial charge is 0.352 e. The fourth-order valence-corrected chi connectivity index (χ4v) is 4.57. The molecule has 3 heterocycles. The summed E-state index contributed by atoms with van der Waals surface area (Å²) >= 11 is 0. The van der Waals surface area contributed by atoms with Crippen molar-refractivity contribution in [2.45, 2.75) is 20.4 Å². The van der Waals surface area contributed by atoms with E-state index in [4.69, 9.17) is 0 Å². The highest BCUT2D eigenvalue weighted by atomic mass is 16.2. The monoisotopic (exact) mass is 482 g/mol. The standard InChI is InChI=1S/C28H30N6O2/c1-3-33(4-2)15-13-30-27(35)19-5-8-22(9-6-19)32-24-11-12-25(34-16-14-29-26(24)34)20-7-10-23-21(17-20)18-31-28(23)36/h5-12,14,16-17,32H,3-4,13,15,18H2,1-2H3,(H,30,35)(H,31,36). The highest BCUT2D eigenvalue weighted by molar-refractivity contribution is 5.99. The second-order valence-electron chi connectivity index (χ2n) is 8.79. The Balaban J connectivity index is 1.30. The molecular weight excluding hydrogens is 452 g/mol. The van der Waals surface area contributed by atoms with Gasteiger partial charge in [0.25, 0.3) is 11.8 Å². The third-order valence-electron chi connectivity index (χ3n) is 6.67. The number of hydrogen-bond donors (Lipinski definition) is 3. The summed E-state index contributed by atoms with van der Waals surface area (Å²) in [7, 11) is 0. The molecule has 1 aliphatic heterocycles. The molecule has 5 rings (SSSR count). The maximum absolute atomic E-state index is 12.5. The SMILES string of the molecule is CCN(CC)CCNC(=O)c1ccc(Nc2ccc(-c3ccc4c(c3)CNC4=O)n3ccnc23)cc1. The van der Waals surface area contributed by atoms with Crippen LogP contribution in [0.1, 0.15) is 40.1 Å². The van der Waals surface area contributed by atoms with Crippen LogP contribution in [0.3, 0.4) is 0 Å². The lowest BCUT2D eigenvalue weighted by atomic mass is 10.0. The molecule has 0 saturated carbocycles. The molecule has 2 aromatic heterocycles. The predicted molar refractivity (Wildman–Crippen MR) is 142 cm³/mol. The van der Waals surface area contributed by atoms with Gasteiger partial charge in [-0.3, -0.25) is 14.0 Å². The molecule has 3 N–H and O–H groups in total. The number of carbonyl (C=O) groups excluding carboxylic acids is 2. The molecule has 36 heavy (non-hydrogen) atoms. The van der Waals surface area contributed by atoms with E-state index in [1.54, 1.807) is 6.20 Å². The molecule has 8 nitrogen and oxygen atoms in total. The second-order valence-corrected chi connectivity index (χ2v) is 8.79. The Bertz CT molecular complexity index is 1410. The number of nitrogens with one attached hydrogen (secondary N) is 3. The summed E-state index contributed by atoms with van der Waals surface area (Å²) in [5, 5.41) is 9.28. The van der Waals surface area contributed by atoms with Crippen molar-refractivity contribution in [2.75, 3.05) is 31.5 Å². The molecule has 0 bridgehead atoms. The van der Waals surface area contributed by atoms with Crippen LogP contribution >= 0.6 is 0 Å². The van der Waals surface area contributed by atoms with Crippen LogP contribution in [0.2, 0.25) is 0 Å². The van der Waals surface area contributed by atoms with E-state index in [0.717, 1.165) is 59.0 Å². The molecule has 4 aromatic rings. The number of benzene rings is 2. The van der Waals surface area contributed by atoms with Gasteiger partial charge in [-0.25, -0.2) is 4.98 Å².